The van der Waals surface area contributed by atoms with Crippen LogP contribution in [0.25, 0.3) is 6.08 Å². The van der Waals surface area contributed by atoms with Crippen LogP contribution in [0, 0.1) is 5.92 Å². The molecule has 0 radical (unpaired) electrons. The number of aliphatic hydroxyl groups excluding tert-OH is 1. The van der Waals surface area contributed by atoms with Gasteiger partial charge in [0, 0.05) is 0 Å². The van der Waals surface area contributed by atoms with E-state index >= 15 is 0 Å². The molecule has 1 aliphatic carbocycles. The van der Waals surface area contributed by atoms with Gasteiger partial charge in [-0.1, -0.05) is 61.7 Å². The molecule has 1 fully saturated rings. The van der Waals surface area contributed by atoms with Gasteiger partial charge in [-0.3, -0.25) is 0 Å². The van der Waals surface area contributed by atoms with E-state index in [4.69, 9.17) is 0 Å². The fourth-order valence-electron chi connectivity index (χ4n) is 2.41. The van der Waals surface area contributed by atoms with Crippen LogP contribution in [0.15, 0.2) is 36.4 Å². The highest BCUT2D eigenvalue weighted by atomic mass is 16.3. The van der Waals surface area contributed by atoms with Crippen LogP contribution in [0.2, 0.25) is 0 Å². The molecule has 16 heavy (non-hydrogen) atoms. The van der Waals surface area contributed by atoms with Crippen molar-refractivity contribution in [2.24, 2.45) is 5.92 Å². The fourth-order valence-corrected chi connectivity index (χ4v) is 2.41. The lowest BCUT2D eigenvalue weighted by atomic mass is 9.85. The molecule has 0 aromatic heterocycles. The molecule has 0 amide bonds. The number of rotatable bonds is 3. The van der Waals surface area contributed by atoms with Gasteiger partial charge < -0.3 is 5.11 Å². The summed E-state index contributed by atoms with van der Waals surface area (Å²) in [5, 5.41) is 10.0. The zero-order chi connectivity index (χ0) is 11.2. The maximum Gasteiger partial charge on any atom is 0.0752 e. The summed E-state index contributed by atoms with van der Waals surface area (Å²) in [7, 11) is 0. The molecule has 0 aliphatic heterocycles. The van der Waals surface area contributed by atoms with Gasteiger partial charge in [0.1, 0.15) is 0 Å². The van der Waals surface area contributed by atoms with Crippen molar-refractivity contribution in [1.82, 2.24) is 0 Å². The minimum Gasteiger partial charge on any atom is -0.389 e. The molecule has 1 aromatic carbocycles. The Hall–Kier alpha value is -1.08. The number of hydrogen-bond donors (Lipinski definition) is 1. The second kappa shape index (κ2) is 5.86. The van der Waals surface area contributed by atoms with Crippen LogP contribution < -0.4 is 0 Å². The summed E-state index contributed by atoms with van der Waals surface area (Å²) in [6.45, 7) is 0. The second-order valence-corrected chi connectivity index (χ2v) is 4.66. The van der Waals surface area contributed by atoms with E-state index < -0.39 is 0 Å². The fraction of sp³-hybridized carbons (Fsp3) is 0.467. The van der Waals surface area contributed by atoms with Crippen molar-refractivity contribution in [3.8, 4) is 0 Å². The van der Waals surface area contributed by atoms with Crippen molar-refractivity contribution in [2.45, 2.75) is 38.2 Å². The quantitative estimate of drug-likeness (QED) is 0.817. The van der Waals surface area contributed by atoms with E-state index in [9.17, 15) is 5.11 Å². The first kappa shape index (κ1) is 11.4. The largest absolute Gasteiger partial charge is 0.389 e. The molecule has 86 valence electrons. The predicted octanol–water partition coefficient (Wildman–Crippen LogP) is 3.64. The van der Waals surface area contributed by atoms with Crippen molar-refractivity contribution in [3.63, 3.8) is 0 Å². The molecular weight excluding hydrogens is 196 g/mol. The highest BCUT2D eigenvalue weighted by Gasteiger charge is 2.19. The minimum atomic E-state index is -0.263. The maximum absolute atomic E-state index is 10.0. The van der Waals surface area contributed by atoms with Crippen LogP contribution in [-0.4, -0.2) is 11.2 Å². The Balaban J connectivity index is 1.91. The Bertz CT molecular complexity index is 323. The third-order valence-electron chi connectivity index (χ3n) is 3.42. The Kier molecular flexibility index (Phi) is 4.17. The minimum absolute atomic E-state index is 0.263. The number of benzene rings is 1. The van der Waals surface area contributed by atoms with Crippen LogP contribution >= 0.6 is 0 Å². The van der Waals surface area contributed by atoms with E-state index in [2.05, 4.69) is 12.1 Å². The topological polar surface area (TPSA) is 20.2 Å². The van der Waals surface area contributed by atoms with Crippen molar-refractivity contribution in [2.75, 3.05) is 0 Å². The highest BCUT2D eigenvalue weighted by molar-refractivity contribution is 5.49. The van der Waals surface area contributed by atoms with Crippen LogP contribution in [0.5, 0.6) is 0 Å². The van der Waals surface area contributed by atoms with E-state index in [1.807, 2.05) is 30.4 Å². The Morgan fingerprint density at radius 1 is 1.06 bits per heavy atom. The number of aliphatic hydroxyl groups is 1. The van der Waals surface area contributed by atoms with Crippen LogP contribution in [0.4, 0.5) is 0 Å². The molecule has 1 saturated carbocycles. The van der Waals surface area contributed by atoms with Crippen molar-refractivity contribution in [3.05, 3.63) is 42.0 Å². The zero-order valence-corrected chi connectivity index (χ0v) is 9.68. The molecule has 0 spiro atoms. The van der Waals surface area contributed by atoms with Crippen molar-refractivity contribution >= 4 is 6.08 Å². The van der Waals surface area contributed by atoms with E-state index in [0.717, 1.165) is 5.56 Å². The first-order valence-electron chi connectivity index (χ1n) is 6.27. The average Bonchev–Trinajstić information content (AvgIpc) is 2.38. The van der Waals surface area contributed by atoms with Crippen molar-refractivity contribution in [1.29, 1.82) is 0 Å². The molecule has 0 saturated heterocycles. The summed E-state index contributed by atoms with van der Waals surface area (Å²) < 4.78 is 0. The van der Waals surface area contributed by atoms with Gasteiger partial charge in [-0.25, -0.2) is 0 Å². The molecule has 0 bridgehead atoms. The standard InChI is InChI=1S/C15H20O/c16-15(14-9-5-2-6-10-14)12-11-13-7-3-1-4-8-13/h1,3-4,7-8,11-12,14-16H,2,5-6,9-10H2/b12-11+/t15-/m0/s1. The second-order valence-electron chi connectivity index (χ2n) is 4.66. The Morgan fingerprint density at radius 3 is 2.44 bits per heavy atom. The molecule has 1 nitrogen and oxygen atoms in total. The van der Waals surface area contributed by atoms with Crippen molar-refractivity contribution < 1.29 is 5.11 Å². The van der Waals surface area contributed by atoms with E-state index in [1.54, 1.807) is 0 Å². The lowest BCUT2D eigenvalue weighted by Crippen LogP contribution is -2.20. The van der Waals surface area contributed by atoms with E-state index in [1.165, 1.54) is 32.1 Å². The van der Waals surface area contributed by atoms with Gasteiger partial charge in [0.2, 0.25) is 0 Å². The molecule has 1 atom stereocenters. The average molecular weight is 216 g/mol. The van der Waals surface area contributed by atoms with Gasteiger partial charge in [0.15, 0.2) is 0 Å². The lowest BCUT2D eigenvalue weighted by molar-refractivity contribution is 0.126. The molecule has 1 N–H and O–H groups in total. The first-order chi connectivity index (χ1) is 7.86. The predicted molar refractivity (Wildman–Crippen MR) is 68.1 cm³/mol. The smallest absolute Gasteiger partial charge is 0.0752 e. The molecule has 1 aromatic rings. The van der Waals surface area contributed by atoms with Crippen LogP contribution in [0.3, 0.4) is 0 Å². The van der Waals surface area contributed by atoms with Gasteiger partial charge in [-0.2, -0.15) is 0 Å². The summed E-state index contributed by atoms with van der Waals surface area (Å²) in [6, 6.07) is 10.2. The summed E-state index contributed by atoms with van der Waals surface area (Å²) in [5.41, 5.74) is 1.16. The van der Waals surface area contributed by atoms with Gasteiger partial charge in [0.05, 0.1) is 6.10 Å². The van der Waals surface area contributed by atoms with Crippen LogP contribution in [-0.2, 0) is 0 Å². The maximum atomic E-state index is 10.0. The first-order valence-corrected chi connectivity index (χ1v) is 6.27. The molecule has 2 rings (SSSR count). The van der Waals surface area contributed by atoms with E-state index in [0.29, 0.717) is 5.92 Å². The zero-order valence-electron chi connectivity index (χ0n) is 9.68. The Labute approximate surface area is 97.8 Å². The van der Waals surface area contributed by atoms with Crippen LogP contribution in [0.1, 0.15) is 37.7 Å². The monoisotopic (exact) mass is 216 g/mol. The third-order valence-corrected chi connectivity index (χ3v) is 3.42. The Morgan fingerprint density at radius 2 is 1.75 bits per heavy atom. The lowest BCUT2D eigenvalue weighted by Gasteiger charge is -2.24. The van der Waals surface area contributed by atoms with E-state index in [-0.39, 0.29) is 6.10 Å². The molecule has 0 unspecified atom stereocenters. The SMILES string of the molecule is O[C@@H](/C=C/c1ccccc1)C1CCCCC1. The molecule has 1 aliphatic rings. The summed E-state index contributed by atoms with van der Waals surface area (Å²) in [4.78, 5) is 0. The normalized spacial score (nSPS) is 20.1. The van der Waals surface area contributed by atoms with Gasteiger partial charge in [-0.05, 0) is 24.3 Å². The van der Waals surface area contributed by atoms with Gasteiger partial charge in [-0.15, -0.1) is 0 Å². The summed E-state index contributed by atoms with van der Waals surface area (Å²) in [5.74, 6) is 0.480. The molecule has 1 heteroatoms. The third kappa shape index (κ3) is 3.21. The number of hydrogen-bond acceptors (Lipinski definition) is 1. The summed E-state index contributed by atoms with van der Waals surface area (Å²) >= 11 is 0. The van der Waals surface area contributed by atoms with Gasteiger partial charge >= 0.3 is 0 Å². The molecular formula is C15H20O. The highest BCUT2D eigenvalue weighted by Crippen LogP contribution is 2.27. The van der Waals surface area contributed by atoms with Gasteiger partial charge in [0.25, 0.3) is 0 Å². The summed E-state index contributed by atoms with van der Waals surface area (Å²) in [6.07, 6.45) is 9.97. The molecule has 0 heterocycles.